The van der Waals surface area contributed by atoms with Crippen molar-refractivity contribution >= 4 is 17.6 Å². The van der Waals surface area contributed by atoms with Crippen LogP contribution in [0.25, 0.3) is 0 Å². The topological polar surface area (TPSA) is 12.4 Å². The minimum absolute atomic E-state index is 0.898. The molecule has 2 rings (SSSR count). The molecule has 1 aromatic rings. The lowest BCUT2D eigenvalue weighted by Crippen LogP contribution is -1.89. The van der Waals surface area contributed by atoms with Gasteiger partial charge in [0.25, 0.3) is 0 Å². The first-order valence-corrected chi connectivity index (χ1v) is 8.14. The van der Waals surface area contributed by atoms with Crippen molar-refractivity contribution in [3.63, 3.8) is 0 Å². The Kier molecular flexibility index (Phi) is 8.15. The Morgan fingerprint density at radius 3 is 2.74 bits per heavy atom. The zero-order valence-electron chi connectivity index (χ0n) is 12.4. The first-order valence-electron chi connectivity index (χ1n) is 7.32. The number of nitrogens with zero attached hydrogens (tertiary/aromatic N) is 1. The lowest BCUT2D eigenvalue weighted by atomic mass is 10.0. The van der Waals surface area contributed by atoms with Gasteiger partial charge in [0.15, 0.2) is 0 Å². The molecule has 0 N–H and O–H groups in total. The van der Waals surface area contributed by atoms with Crippen LogP contribution >= 0.6 is 11.3 Å². The Morgan fingerprint density at radius 1 is 1.26 bits per heavy atom. The van der Waals surface area contributed by atoms with Gasteiger partial charge in [-0.3, -0.25) is 4.99 Å². The summed E-state index contributed by atoms with van der Waals surface area (Å²) in [5.41, 5.74) is 1.44. The second kappa shape index (κ2) is 9.74. The number of hydrogen-bond acceptors (Lipinski definition) is 2. The Morgan fingerprint density at radius 2 is 2.11 bits per heavy atom. The van der Waals surface area contributed by atoms with Crippen LogP contribution in [0.3, 0.4) is 0 Å². The molecular formula is C17H25NS. The molecule has 1 aliphatic carbocycles. The van der Waals surface area contributed by atoms with Gasteiger partial charge in [0, 0.05) is 22.5 Å². The maximum absolute atomic E-state index is 4.49. The van der Waals surface area contributed by atoms with E-state index in [-0.39, 0.29) is 0 Å². The van der Waals surface area contributed by atoms with Crippen molar-refractivity contribution in [2.75, 3.05) is 6.54 Å². The molecule has 0 fully saturated rings. The van der Waals surface area contributed by atoms with Crippen molar-refractivity contribution in [1.29, 1.82) is 0 Å². The fourth-order valence-corrected chi connectivity index (χ4v) is 2.70. The van der Waals surface area contributed by atoms with E-state index in [1.165, 1.54) is 28.2 Å². The molecule has 0 radical (unpaired) electrons. The second-order valence-electron chi connectivity index (χ2n) is 4.20. The van der Waals surface area contributed by atoms with Gasteiger partial charge < -0.3 is 0 Å². The highest BCUT2D eigenvalue weighted by Crippen LogP contribution is 2.15. The SMILES string of the molecule is CC.CCc1ccc(C=NCCC2=CCCC=C2)s1. The molecule has 1 nitrogen and oxygen atoms in total. The highest BCUT2D eigenvalue weighted by molar-refractivity contribution is 7.13. The van der Waals surface area contributed by atoms with E-state index in [2.05, 4.69) is 42.3 Å². The summed E-state index contributed by atoms with van der Waals surface area (Å²) in [6.45, 7) is 7.09. The molecule has 0 atom stereocenters. The molecule has 2 heteroatoms. The molecule has 0 aromatic carbocycles. The normalized spacial score (nSPS) is 14.2. The molecule has 0 saturated carbocycles. The fourth-order valence-electron chi connectivity index (χ4n) is 1.86. The van der Waals surface area contributed by atoms with Crippen LogP contribution in [0, 0.1) is 0 Å². The third kappa shape index (κ3) is 6.02. The summed E-state index contributed by atoms with van der Waals surface area (Å²) in [5.74, 6) is 0. The van der Waals surface area contributed by atoms with Crippen molar-refractivity contribution in [2.24, 2.45) is 4.99 Å². The number of aryl methyl sites for hydroxylation is 1. The summed E-state index contributed by atoms with van der Waals surface area (Å²) in [7, 11) is 0. The highest BCUT2D eigenvalue weighted by atomic mass is 32.1. The molecular weight excluding hydrogens is 250 g/mol. The van der Waals surface area contributed by atoms with Crippen LogP contribution in [0.2, 0.25) is 0 Å². The van der Waals surface area contributed by atoms with Gasteiger partial charge in [-0.15, -0.1) is 11.3 Å². The van der Waals surface area contributed by atoms with E-state index in [1.807, 2.05) is 31.4 Å². The maximum atomic E-state index is 4.49. The summed E-state index contributed by atoms with van der Waals surface area (Å²) in [6, 6.07) is 4.35. The molecule has 0 saturated heterocycles. The van der Waals surface area contributed by atoms with E-state index in [9.17, 15) is 0 Å². The minimum Gasteiger partial charge on any atom is -0.291 e. The van der Waals surface area contributed by atoms with E-state index in [4.69, 9.17) is 0 Å². The zero-order chi connectivity index (χ0) is 13.9. The van der Waals surface area contributed by atoms with Crippen LogP contribution in [0.5, 0.6) is 0 Å². The lowest BCUT2D eigenvalue weighted by Gasteiger charge is -2.03. The molecule has 0 aliphatic heterocycles. The van der Waals surface area contributed by atoms with Gasteiger partial charge in [-0.2, -0.15) is 0 Å². The molecule has 1 aromatic heterocycles. The summed E-state index contributed by atoms with van der Waals surface area (Å²) >= 11 is 1.84. The molecule has 0 bridgehead atoms. The van der Waals surface area contributed by atoms with Crippen LogP contribution in [-0.2, 0) is 6.42 Å². The number of thiophene rings is 1. The monoisotopic (exact) mass is 275 g/mol. The summed E-state index contributed by atoms with van der Waals surface area (Å²) < 4.78 is 0. The summed E-state index contributed by atoms with van der Waals surface area (Å²) in [4.78, 5) is 7.20. The Bertz CT molecular complexity index is 438. The van der Waals surface area contributed by atoms with Gasteiger partial charge in [-0.25, -0.2) is 0 Å². The summed E-state index contributed by atoms with van der Waals surface area (Å²) in [6.07, 6.45) is 13.4. The molecule has 19 heavy (non-hydrogen) atoms. The Hall–Kier alpha value is -1.15. The second-order valence-corrected chi connectivity index (χ2v) is 5.40. The highest BCUT2D eigenvalue weighted by Gasteiger charge is 1.97. The van der Waals surface area contributed by atoms with Crippen molar-refractivity contribution in [2.45, 2.75) is 46.5 Å². The lowest BCUT2D eigenvalue weighted by molar-refractivity contribution is 0.930. The maximum Gasteiger partial charge on any atom is 0.0451 e. The number of allylic oxidation sites excluding steroid dienone is 3. The van der Waals surface area contributed by atoms with Crippen molar-refractivity contribution in [1.82, 2.24) is 0 Å². The van der Waals surface area contributed by atoms with E-state index < -0.39 is 0 Å². The van der Waals surface area contributed by atoms with Gasteiger partial charge in [0.2, 0.25) is 0 Å². The van der Waals surface area contributed by atoms with E-state index in [0.717, 1.165) is 19.4 Å². The quantitative estimate of drug-likeness (QED) is 0.636. The van der Waals surface area contributed by atoms with Crippen molar-refractivity contribution in [3.05, 3.63) is 45.7 Å². The standard InChI is InChI=1S/C15H19NS.C2H6/c1-2-14-8-9-15(17-14)12-16-11-10-13-6-4-3-5-7-13;1-2/h4,6-9,12H,2-3,5,10-11H2,1H3;1-2H3. The number of hydrogen-bond donors (Lipinski definition) is 0. The third-order valence-electron chi connectivity index (χ3n) is 2.85. The average Bonchev–Trinajstić information content (AvgIpc) is 2.95. The van der Waals surface area contributed by atoms with Crippen molar-refractivity contribution in [3.8, 4) is 0 Å². The molecule has 104 valence electrons. The van der Waals surface area contributed by atoms with Gasteiger partial charge in [-0.05, 0) is 37.8 Å². The predicted molar refractivity (Wildman–Crippen MR) is 88.6 cm³/mol. The van der Waals surface area contributed by atoms with E-state index in [0.29, 0.717) is 0 Å². The van der Waals surface area contributed by atoms with Crippen LogP contribution in [0.1, 0.15) is 49.8 Å². The molecule has 0 unspecified atom stereocenters. The number of aliphatic imine (C=N–C) groups is 1. The molecule has 0 amide bonds. The Balaban J connectivity index is 0.000000861. The van der Waals surface area contributed by atoms with Crippen LogP contribution in [-0.4, -0.2) is 12.8 Å². The first kappa shape index (κ1) is 15.9. The first-order chi connectivity index (χ1) is 9.38. The van der Waals surface area contributed by atoms with Crippen LogP contribution in [0.15, 0.2) is 40.9 Å². The molecule has 1 heterocycles. The van der Waals surface area contributed by atoms with Crippen LogP contribution < -0.4 is 0 Å². The van der Waals surface area contributed by atoms with E-state index >= 15 is 0 Å². The zero-order valence-corrected chi connectivity index (χ0v) is 13.2. The molecule has 0 spiro atoms. The predicted octanol–water partition coefficient (Wildman–Crippen LogP) is 5.42. The fraction of sp³-hybridized carbons (Fsp3) is 0.471. The van der Waals surface area contributed by atoms with Crippen molar-refractivity contribution < 1.29 is 0 Å². The average molecular weight is 275 g/mol. The summed E-state index contributed by atoms with van der Waals surface area (Å²) in [5, 5.41) is 0. The third-order valence-corrected chi connectivity index (χ3v) is 4.01. The van der Waals surface area contributed by atoms with Crippen LogP contribution in [0.4, 0.5) is 0 Å². The largest absolute Gasteiger partial charge is 0.291 e. The van der Waals surface area contributed by atoms with Gasteiger partial charge in [0.1, 0.15) is 0 Å². The van der Waals surface area contributed by atoms with Gasteiger partial charge in [0.05, 0.1) is 0 Å². The molecule has 1 aliphatic rings. The van der Waals surface area contributed by atoms with E-state index in [1.54, 1.807) is 0 Å². The minimum atomic E-state index is 0.898. The smallest absolute Gasteiger partial charge is 0.0451 e. The number of rotatable bonds is 5. The van der Waals surface area contributed by atoms with Gasteiger partial charge in [-0.1, -0.05) is 44.6 Å². The Labute approximate surface area is 121 Å². The van der Waals surface area contributed by atoms with Gasteiger partial charge >= 0.3 is 0 Å².